The molecule has 110 valence electrons. The summed E-state index contributed by atoms with van der Waals surface area (Å²) >= 11 is 0. The minimum absolute atomic E-state index is 0.181. The standard InChI is InChI=1S/C13H16N6O2/c1-6-10(8(3)20)12(17-15-6)19(5-14)13-11(9(4)21)7(2)16-18-13/h5,14H,1-4H3,(H,15,17)(H,16,18). The van der Waals surface area contributed by atoms with Crippen molar-refractivity contribution in [2.75, 3.05) is 4.90 Å². The maximum absolute atomic E-state index is 11.8. The van der Waals surface area contributed by atoms with Gasteiger partial charge in [0.1, 0.15) is 0 Å². The van der Waals surface area contributed by atoms with Gasteiger partial charge in [0.2, 0.25) is 0 Å². The molecule has 0 aliphatic heterocycles. The summed E-state index contributed by atoms with van der Waals surface area (Å²) < 4.78 is 0. The first-order valence-electron chi connectivity index (χ1n) is 6.30. The molecule has 0 radical (unpaired) electrons. The minimum atomic E-state index is -0.181. The summed E-state index contributed by atoms with van der Waals surface area (Å²) in [4.78, 5) is 24.8. The van der Waals surface area contributed by atoms with Crippen LogP contribution in [0.2, 0.25) is 0 Å². The number of nitrogens with one attached hydrogen (secondary N) is 3. The van der Waals surface area contributed by atoms with E-state index in [-0.39, 0.29) is 23.2 Å². The SMILES string of the molecule is CC(=O)c1c(N(C=N)c2n[nH]c(C)c2C(C)=O)n[nH]c1C. The molecule has 2 rings (SSSR count). The van der Waals surface area contributed by atoms with Crippen LogP contribution in [0.5, 0.6) is 0 Å². The third kappa shape index (κ3) is 2.35. The number of Topliss-reactive ketones (excluding diaryl/α,β-unsaturated/α-hetero) is 2. The molecule has 0 unspecified atom stereocenters. The second kappa shape index (κ2) is 5.31. The van der Waals surface area contributed by atoms with Gasteiger partial charge in [0.25, 0.3) is 0 Å². The molecule has 0 amide bonds. The van der Waals surface area contributed by atoms with Gasteiger partial charge in [0, 0.05) is 11.4 Å². The molecule has 0 fully saturated rings. The lowest BCUT2D eigenvalue weighted by atomic mass is 10.1. The van der Waals surface area contributed by atoms with Gasteiger partial charge in [0.15, 0.2) is 23.2 Å². The van der Waals surface area contributed by atoms with Gasteiger partial charge < -0.3 is 0 Å². The summed E-state index contributed by atoms with van der Waals surface area (Å²) in [6.45, 7) is 6.28. The number of nitrogens with zero attached hydrogens (tertiary/aromatic N) is 3. The van der Waals surface area contributed by atoms with E-state index < -0.39 is 0 Å². The topological polar surface area (TPSA) is 119 Å². The summed E-state index contributed by atoms with van der Waals surface area (Å²) in [5.41, 5.74) is 1.93. The molecule has 2 heterocycles. The molecule has 3 N–H and O–H groups in total. The molecule has 21 heavy (non-hydrogen) atoms. The molecule has 8 heteroatoms. The van der Waals surface area contributed by atoms with E-state index in [4.69, 9.17) is 5.41 Å². The molecular weight excluding hydrogens is 272 g/mol. The van der Waals surface area contributed by atoms with Crippen LogP contribution in [0.25, 0.3) is 0 Å². The summed E-state index contributed by atoms with van der Waals surface area (Å²) in [6, 6.07) is 0. The van der Waals surface area contributed by atoms with Gasteiger partial charge in [-0.25, -0.2) is 0 Å². The fourth-order valence-electron chi connectivity index (χ4n) is 2.25. The maximum Gasteiger partial charge on any atom is 0.172 e. The predicted octanol–water partition coefficient (Wildman–Crippen LogP) is 1.90. The molecule has 0 spiro atoms. The second-order valence-electron chi connectivity index (χ2n) is 4.71. The molecule has 0 aliphatic carbocycles. The third-order valence-corrected chi connectivity index (χ3v) is 3.15. The predicted molar refractivity (Wildman–Crippen MR) is 77.6 cm³/mol. The van der Waals surface area contributed by atoms with Crippen molar-refractivity contribution in [2.45, 2.75) is 27.7 Å². The fourth-order valence-corrected chi connectivity index (χ4v) is 2.25. The van der Waals surface area contributed by atoms with Gasteiger partial charge in [-0.05, 0) is 27.7 Å². The average molecular weight is 288 g/mol. The van der Waals surface area contributed by atoms with E-state index in [1.165, 1.54) is 18.7 Å². The van der Waals surface area contributed by atoms with Crippen molar-refractivity contribution in [1.29, 1.82) is 5.41 Å². The van der Waals surface area contributed by atoms with E-state index in [0.717, 1.165) is 6.34 Å². The van der Waals surface area contributed by atoms with Gasteiger partial charge >= 0.3 is 0 Å². The van der Waals surface area contributed by atoms with E-state index in [0.29, 0.717) is 22.5 Å². The highest BCUT2D eigenvalue weighted by Crippen LogP contribution is 2.29. The fraction of sp³-hybridized carbons (Fsp3) is 0.308. The van der Waals surface area contributed by atoms with Crippen LogP contribution in [0, 0.1) is 19.3 Å². The lowest BCUT2D eigenvalue weighted by Crippen LogP contribution is -2.19. The Balaban J connectivity index is 2.64. The third-order valence-electron chi connectivity index (χ3n) is 3.15. The van der Waals surface area contributed by atoms with Gasteiger partial charge in [-0.15, -0.1) is 0 Å². The number of anilines is 2. The molecule has 0 atom stereocenters. The number of carbonyl (C=O) groups excluding carboxylic acids is 2. The Labute approximate surface area is 121 Å². The highest BCUT2D eigenvalue weighted by atomic mass is 16.1. The molecule has 0 saturated carbocycles. The van der Waals surface area contributed by atoms with Crippen LogP contribution in [0.3, 0.4) is 0 Å². The quantitative estimate of drug-likeness (QED) is 0.441. The number of aromatic amines is 2. The number of aromatic nitrogens is 4. The summed E-state index contributed by atoms with van der Waals surface area (Å²) in [7, 11) is 0. The molecule has 2 aromatic heterocycles. The highest BCUT2D eigenvalue weighted by Gasteiger charge is 2.26. The zero-order chi connectivity index (χ0) is 15.7. The average Bonchev–Trinajstić information content (AvgIpc) is 2.95. The molecule has 0 aromatic carbocycles. The van der Waals surface area contributed by atoms with Crippen molar-refractivity contribution in [3.05, 3.63) is 22.5 Å². The summed E-state index contributed by atoms with van der Waals surface area (Å²) in [5, 5.41) is 21.2. The largest absolute Gasteiger partial charge is 0.294 e. The van der Waals surface area contributed by atoms with Crippen LogP contribution in [0.1, 0.15) is 46.0 Å². The molecule has 0 aliphatic rings. The van der Waals surface area contributed by atoms with Crippen molar-refractivity contribution >= 4 is 29.5 Å². The Morgan fingerprint density at radius 1 is 1.00 bits per heavy atom. The Kier molecular flexibility index (Phi) is 3.70. The summed E-state index contributed by atoms with van der Waals surface area (Å²) in [5.74, 6) is 0.146. The first-order chi connectivity index (χ1) is 9.88. The van der Waals surface area contributed by atoms with Crippen molar-refractivity contribution in [3.8, 4) is 0 Å². The first-order valence-corrected chi connectivity index (χ1v) is 6.30. The van der Waals surface area contributed by atoms with Crippen LogP contribution in [0.15, 0.2) is 0 Å². The van der Waals surface area contributed by atoms with Crippen LogP contribution in [-0.2, 0) is 0 Å². The van der Waals surface area contributed by atoms with Gasteiger partial charge in [-0.1, -0.05) is 0 Å². The monoisotopic (exact) mass is 288 g/mol. The van der Waals surface area contributed by atoms with Gasteiger partial charge in [0.05, 0.1) is 17.5 Å². The first kappa shape index (κ1) is 14.6. The number of rotatable bonds is 5. The van der Waals surface area contributed by atoms with Crippen molar-refractivity contribution < 1.29 is 9.59 Å². The van der Waals surface area contributed by atoms with E-state index in [2.05, 4.69) is 20.4 Å². The molecule has 0 bridgehead atoms. The molecular formula is C13H16N6O2. The number of hydrogen-bond donors (Lipinski definition) is 3. The highest BCUT2D eigenvalue weighted by molar-refractivity contribution is 6.07. The van der Waals surface area contributed by atoms with E-state index in [9.17, 15) is 9.59 Å². The van der Waals surface area contributed by atoms with Crippen LogP contribution >= 0.6 is 0 Å². The Bertz CT molecular complexity index is 669. The lowest BCUT2D eigenvalue weighted by Gasteiger charge is -2.15. The van der Waals surface area contributed by atoms with Crippen molar-refractivity contribution in [1.82, 2.24) is 20.4 Å². The van der Waals surface area contributed by atoms with Crippen molar-refractivity contribution in [2.24, 2.45) is 0 Å². The minimum Gasteiger partial charge on any atom is -0.294 e. The number of aryl methyl sites for hydroxylation is 2. The van der Waals surface area contributed by atoms with Crippen LogP contribution in [0.4, 0.5) is 11.6 Å². The molecule has 2 aromatic rings. The number of H-pyrrole nitrogens is 2. The van der Waals surface area contributed by atoms with E-state index >= 15 is 0 Å². The summed E-state index contributed by atoms with van der Waals surface area (Å²) in [6.07, 6.45) is 0.976. The number of ketones is 2. The smallest absolute Gasteiger partial charge is 0.172 e. The lowest BCUT2D eigenvalue weighted by molar-refractivity contribution is 0.101. The van der Waals surface area contributed by atoms with Gasteiger partial charge in [-0.3, -0.25) is 30.1 Å². The Morgan fingerprint density at radius 3 is 1.67 bits per heavy atom. The number of hydrogen-bond acceptors (Lipinski definition) is 5. The number of carbonyl (C=O) groups is 2. The Morgan fingerprint density at radius 2 is 1.38 bits per heavy atom. The van der Waals surface area contributed by atoms with Gasteiger partial charge in [-0.2, -0.15) is 10.2 Å². The van der Waals surface area contributed by atoms with E-state index in [1.807, 2.05) is 0 Å². The maximum atomic E-state index is 11.8. The molecule has 8 nitrogen and oxygen atoms in total. The Hall–Kier alpha value is -2.77. The van der Waals surface area contributed by atoms with Crippen LogP contribution in [-0.4, -0.2) is 38.3 Å². The second-order valence-corrected chi connectivity index (χ2v) is 4.71. The normalized spacial score (nSPS) is 10.5. The molecule has 0 saturated heterocycles. The van der Waals surface area contributed by atoms with Crippen molar-refractivity contribution in [3.63, 3.8) is 0 Å². The van der Waals surface area contributed by atoms with Crippen LogP contribution < -0.4 is 4.90 Å². The zero-order valence-electron chi connectivity index (χ0n) is 12.2. The zero-order valence-corrected chi connectivity index (χ0v) is 12.2. The van der Waals surface area contributed by atoms with E-state index in [1.54, 1.807) is 13.8 Å².